The molecule has 1 aromatic rings. The summed E-state index contributed by atoms with van der Waals surface area (Å²) in [5.41, 5.74) is 0.925. The van der Waals surface area contributed by atoms with E-state index >= 15 is 0 Å². The van der Waals surface area contributed by atoms with E-state index in [-0.39, 0.29) is 18.2 Å². The van der Waals surface area contributed by atoms with E-state index in [4.69, 9.17) is 11.6 Å². The molecule has 1 heterocycles. The van der Waals surface area contributed by atoms with Crippen LogP contribution in [-0.2, 0) is 16.1 Å². The second kappa shape index (κ2) is 5.50. The first-order valence-corrected chi connectivity index (χ1v) is 6.32. The number of nitrogens with zero attached hydrogens (tertiary/aromatic N) is 1. The minimum absolute atomic E-state index is 0.112. The van der Waals surface area contributed by atoms with Gasteiger partial charge in [-0.2, -0.15) is 0 Å². The molecule has 96 valence electrons. The number of benzene rings is 1. The number of hydrogen-bond donors (Lipinski definition) is 1. The number of carbonyl (C=O) groups excluding carboxylic acids is 2. The summed E-state index contributed by atoms with van der Waals surface area (Å²) in [5.74, 6) is -0.256. The van der Waals surface area contributed by atoms with E-state index in [1.807, 2.05) is 18.2 Å². The fourth-order valence-electron chi connectivity index (χ4n) is 2.05. The molecule has 1 unspecified atom stereocenters. The van der Waals surface area contributed by atoms with Gasteiger partial charge in [-0.15, -0.1) is 0 Å². The summed E-state index contributed by atoms with van der Waals surface area (Å²) in [7, 11) is 0. The van der Waals surface area contributed by atoms with Crippen molar-refractivity contribution in [2.24, 2.45) is 0 Å². The van der Waals surface area contributed by atoms with E-state index in [1.165, 1.54) is 4.90 Å². The normalized spacial score (nSPS) is 19.7. The summed E-state index contributed by atoms with van der Waals surface area (Å²) < 4.78 is 0. The fraction of sp³-hybridized carbons (Fsp3) is 0.385. The lowest BCUT2D eigenvalue weighted by molar-refractivity contribution is -0.138. The molecule has 1 atom stereocenters. The predicted molar refractivity (Wildman–Crippen MR) is 69.1 cm³/mol. The number of likely N-dealkylation sites (tertiary alicyclic amines) is 1. The number of amides is 2. The van der Waals surface area contributed by atoms with Crippen LogP contribution in [0.25, 0.3) is 0 Å². The van der Waals surface area contributed by atoms with Gasteiger partial charge in [0.1, 0.15) is 0 Å². The summed E-state index contributed by atoms with van der Waals surface area (Å²) >= 11 is 6.03. The lowest BCUT2D eigenvalue weighted by atomic mass is 10.2. The summed E-state index contributed by atoms with van der Waals surface area (Å²) in [6.07, 6.45) is 0.233. The van der Waals surface area contributed by atoms with Gasteiger partial charge in [0.15, 0.2) is 0 Å². The number of hydrogen-bond acceptors (Lipinski definition) is 3. The van der Waals surface area contributed by atoms with Crippen molar-refractivity contribution in [3.8, 4) is 0 Å². The Morgan fingerprint density at radius 3 is 2.72 bits per heavy atom. The largest absolute Gasteiger partial charge is 0.301 e. The molecule has 4 nitrogen and oxygen atoms in total. The van der Waals surface area contributed by atoms with Crippen LogP contribution in [0.5, 0.6) is 0 Å². The van der Waals surface area contributed by atoms with Gasteiger partial charge in [0.25, 0.3) is 0 Å². The SMILES string of the molecule is CCN1C(=O)CC(NCc2ccccc2Cl)C1=O. The van der Waals surface area contributed by atoms with Gasteiger partial charge in [0.2, 0.25) is 11.8 Å². The summed E-state index contributed by atoms with van der Waals surface area (Å²) in [6, 6.07) is 7.03. The number of nitrogens with one attached hydrogen (secondary N) is 1. The highest BCUT2D eigenvalue weighted by Gasteiger charge is 2.36. The molecule has 5 heteroatoms. The van der Waals surface area contributed by atoms with Crippen molar-refractivity contribution >= 4 is 23.4 Å². The predicted octanol–water partition coefficient (Wildman–Crippen LogP) is 1.58. The average Bonchev–Trinajstić information content (AvgIpc) is 2.63. The van der Waals surface area contributed by atoms with Crippen LogP contribution in [0, 0.1) is 0 Å². The van der Waals surface area contributed by atoms with Crippen LogP contribution in [0.1, 0.15) is 18.9 Å². The van der Waals surface area contributed by atoms with Crippen molar-refractivity contribution in [3.05, 3.63) is 34.9 Å². The van der Waals surface area contributed by atoms with Crippen LogP contribution >= 0.6 is 11.6 Å². The van der Waals surface area contributed by atoms with Crippen LogP contribution in [-0.4, -0.2) is 29.3 Å². The number of rotatable bonds is 4. The Bertz CT molecular complexity index is 476. The van der Waals surface area contributed by atoms with Crippen LogP contribution in [0.2, 0.25) is 5.02 Å². The van der Waals surface area contributed by atoms with Crippen LogP contribution < -0.4 is 5.32 Å². The van der Waals surface area contributed by atoms with Crippen LogP contribution in [0.4, 0.5) is 0 Å². The molecule has 1 aromatic carbocycles. The van der Waals surface area contributed by atoms with E-state index in [9.17, 15) is 9.59 Å². The van der Waals surface area contributed by atoms with E-state index < -0.39 is 6.04 Å². The average molecular weight is 267 g/mol. The molecule has 1 N–H and O–H groups in total. The van der Waals surface area contributed by atoms with Gasteiger partial charge < -0.3 is 5.32 Å². The molecular formula is C13H15ClN2O2. The first kappa shape index (κ1) is 13.1. The van der Waals surface area contributed by atoms with Crippen molar-refractivity contribution in [3.63, 3.8) is 0 Å². The number of carbonyl (C=O) groups is 2. The molecular weight excluding hydrogens is 252 g/mol. The minimum atomic E-state index is -0.422. The molecule has 18 heavy (non-hydrogen) atoms. The number of halogens is 1. The lowest BCUT2D eigenvalue weighted by Crippen LogP contribution is -2.38. The van der Waals surface area contributed by atoms with E-state index in [1.54, 1.807) is 13.0 Å². The summed E-state index contributed by atoms with van der Waals surface area (Å²) in [5, 5.41) is 3.75. The monoisotopic (exact) mass is 266 g/mol. The highest BCUT2D eigenvalue weighted by Crippen LogP contribution is 2.17. The van der Waals surface area contributed by atoms with Crippen molar-refractivity contribution in [2.45, 2.75) is 25.9 Å². The molecule has 0 spiro atoms. The molecule has 0 bridgehead atoms. The summed E-state index contributed by atoms with van der Waals surface area (Å²) in [6.45, 7) is 2.72. The zero-order valence-corrected chi connectivity index (χ0v) is 10.9. The van der Waals surface area contributed by atoms with E-state index in [0.29, 0.717) is 18.1 Å². The number of imide groups is 1. The number of likely N-dealkylation sites (N-methyl/N-ethyl adjacent to an activating group) is 1. The first-order valence-electron chi connectivity index (χ1n) is 5.94. The molecule has 1 aliphatic heterocycles. The zero-order valence-electron chi connectivity index (χ0n) is 10.1. The van der Waals surface area contributed by atoms with Gasteiger partial charge in [0, 0.05) is 18.1 Å². The maximum atomic E-state index is 11.9. The quantitative estimate of drug-likeness (QED) is 0.842. The Morgan fingerprint density at radius 2 is 2.11 bits per heavy atom. The van der Waals surface area contributed by atoms with Crippen molar-refractivity contribution in [2.75, 3.05) is 6.54 Å². The van der Waals surface area contributed by atoms with E-state index in [0.717, 1.165) is 5.56 Å². The molecule has 1 saturated heterocycles. The molecule has 0 aromatic heterocycles. The first-order chi connectivity index (χ1) is 8.63. The van der Waals surface area contributed by atoms with Crippen LogP contribution in [0.3, 0.4) is 0 Å². The van der Waals surface area contributed by atoms with Gasteiger partial charge >= 0.3 is 0 Å². The third-order valence-corrected chi connectivity index (χ3v) is 3.43. The van der Waals surface area contributed by atoms with Gasteiger partial charge in [-0.1, -0.05) is 29.8 Å². The Hall–Kier alpha value is -1.39. The highest BCUT2D eigenvalue weighted by atomic mass is 35.5. The molecule has 2 amide bonds. The second-order valence-electron chi connectivity index (χ2n) is 4.21. The van der Waals surface area contributed by atoms with Gasteiger partial charge in [-0.3, -0.25) is 14.5 Å². The third-order valence-electron chi connectivity index (χ3n) is 3.06. The topological polar surface area (TPSA) is 49.4 Å². The Morgan fingerprint density at radius 1 is 1.39 bits per heavy atom. The molecule has 2 rings (SSSR count). The maximum Gasteiger partial charge on any atom is 0.246 e. The minimum Gasteiger partial charge on any atom is -0.301 e. The van der Waals surface area contributed by atoms with Gasteiger partial charge in [-0.05, 0) is 18.6 Å². The van der Waals surface area contributed by atoms with Crippen molar-refractivity contribution in [1.29, 1.82) is 0 Å². The molecule has 0 radical (unpaired) electrons. The van der Waals surface area contributed by atoms with Crippen molar-refractivity contribution < 1.29 is 9.59 Å². The standard InChI is InChI=1S/C13H15ClN2O2/c1-2-16-12(17)7-11(13(16)18)15-8-9-5-3-4-6-10(9)14/h3-6,11,15H,2,7-8H2,1H3. The smallest absolute Gasteiger partial charge is 0.246 e. The summed E-state index contributed by atoms with van der Waals surface area (Å²) in [4.78, 5) is 24.7. The Kier molecular flexibility index (Phi) is 3.99. The maximum absolute atomic E-state index is 11.9. The zero-order chi connectivity index (χ0) is 13.1. The Balaban J connectivity index is 1.98. The fourth-order valence-corrected chi connectivity index (χ4v) is 2.25. The third kappa shape index (κ3) is 2.54. The lowest BCUT2D eigenvalue weighted by Gasteiger charge is -2.13. The van der Waals surface area contributed by atoms with Gasteiger partial charge in [-0.25, -0.2) is 0 Å². The molecule has 1 aliphatic rings. The molecule has 0 aliphatic carbocycles. The highest BCUT2D eigenvalue weighted by molar-refractivity contribution is 6.31. The van der Waals surface area contributed by atoms with Crippen molar-refractivity contribution in [1.82, 2.24) is 10.2 Å². The van der Waals surface area contributed by atoms with E-state index in [2.05, 4.69) is 5.32 Å². The molecule has 1 fully saturated rings. The Labute approximate surface area is 111 Å². The van der Waals surface area contributed by atoms with Crippen LogP contribution in [0.15, 0.2) is 24.3 Å². The molecule has 0 saturated carbocycles. The second-order valence-corrected chi connectivity index (χ2v) is 4.61. The van der Waals surface area contributed by atoms with Gasteiger partial charge in [0.05, 0.1) is 12.5 Å².